The van der Waals surface area contributed by atoms with Crippen LogP contribution in [0.25, 0.3) is 0 Å². The lowest BCUT2D eigenvalue weighted by molar-refractivity contribution is -0.139. The molecule has 0 heterocycles. The van der Waals surface area contributed by atoms with Gasteiger partial charge in [-0.1, -0.05) is 0 Å². The molecular formula is C12H16N2O4. The first-order chi connectivity index (χ1) is 8.65. The van der Waals surface area contributed by atoms with E-state index in [1.807, 2.05) is 0 Å². The summed E-state index contributed by atoms with van der Waals surface area (Å²) < 4.78 is 9.02. The normalized spacial score (nSPS) is 9.44. The summed E-state index contributed by atoms with van der Waals surface area (Å²) in [4.78, 5) is 21.8. The molecule has 0 bridgehead atoms. The van der Waals surface area contributed by atoms with E-state index in [0.29, 0.717) is 0 Å². The molecule has 2 N–H and O–H groups in total. The van der Waals surface area contributed by atoms with E-state index in [2.05, 4.69) is 20.1 Å². The third-order valence-electron chi connectivity index (χ3n) is 2.21. The van der Waals surface area contributed by atoms with E-state index >= 15 is 0 Å². The minimum atomic E-state index is -0.331. The number of carbonyl (C=O) groups excluding carboxylic acids is 2. The van der Waals surface area contributed by atoms with Gasteiger partial charge in [-0.2, -0.15) is 0 Å². The molecule has 0 aliphatic rings. The van der Waals surface area contributed by atoms with Crippen LogP contribution in [0.2, 0.25) is 0 Å². The highest BCUT2D eigenvalue weighted by molar-refractivity contribution is 5.76. The molecule has 0 radical (unpaired) electrons. The van der Waals surface area contributed by atoms with Crippen molar-refractivity contribution < 1.29 is 19.1 Å². The van der Waals surface area contributed by atoms with Crippen LogP contribution in [0, 0.1) is 0 Å². The number of nitrogens with one attached hydrogen (secondary N) is 2. The molecule has 0 spiro atoms. The maximum absolute atomic E-state index is 10.9. The molecule has 98 valence electrons. The van der Waals surface area contributed by atoms with Crippen LogP contribution >= 0.6 is 0 Å². The summed E-state index contributed by atoms with van der Waals surface area (Å²) in [6, 6.07) is 7.18. The van der Waals surface area contributed by atoms with Gasteiger partial charge >= 0.3 is 11.9 Å². The van der Waals surface area contributed by atoms with E-state index in [9.17, 15) is 9.59 Å². The fourth-order valence-corrected chi connectivity index (χ4v) is 1.20. The first-order valence-corrected chi connectivity index (χ1v) is 5.37. The Labute approximate surface area is 105 Å². The maximum Gasteiger partial charge on any atom is 0.325 e. The molecule has 0 aliphatic carbocycles. The Morgan fingerprint density at radius 1 is 0.889 bits per heavy atom. The molecule has 6 nitrogen and oxygen atoms in total. The van der Waals surface area contributed by atoms with E-state index in [4.69, 9.17) is 0 Å². The molecule has 1 aromatic rings. The van der Waals surface area contributed by atoms with E-state index < -0.39 is 0 Å². The van der Waals surface area contributed by atoms with Crippen LogP contribution in [0.5, 0.6) is 0 Å². The molecular weight excluding hydrogens is 236 g/mol. The molecule has 1 aromatic carbocycles. The lowest BCUT2D eigenvalue weighted by atomic mass is 10.2. The largest absolute Gasteiger partial charge is 0.468 e. The number of carbonyl (C=O) groups is 2. The van der Waals surface area contributed by atoms with E-state index in [1.54, 1.807) is 24.3 Å². The van der Waals surface area contributed by atoms with Gasteiger partial charge in [0.1, 0.15) is 13.1 Å². The highest BCUT2D eigenvalue weighted by Gasteiger charge is 2.01. The number of hydrogen-bond donors (Lipinski definition) is 2. The van der Waals surface area contributed by atoms with Crippen LogP contribution in [0.4, 0.5) is 11.4 Å². The summed E-state index contributed by atoms with van der Waals surface area (Å²) in [5.74, 6) is -0.661. The Morgan fingerprint density at radius 2 is 1.22 bits per heavy atom. The molecule has 18 heavy (non-hydrogen) atoms. The second-order valence-corrected chi connectivity index (χ2v) is 3.44. The summed E-state index contributed by atoms with van der Waals surface area (Å²) in [5.41, 5.74) is 1.59. The minimum absolute atomic E-state index is 0.117. The number of methoxy groups -OCH3 is 2. The molecule has 0 saturated heterocycles. The highest BCUT2D eigenvalue weighted by Crippen LogP contribution is 2.12. The molecule has 0 aliphatic heterocycles. The van der Waals surface area contributed by atoms with Gasteiger partial charge in [0.25, 0.3) is 0 Å². The number of esters is 2. The summed E-state index contributed by atoms with van der Waals surface area (Å²) >= 11 is 0. The van der Waals surface area contributed by atoms with Crippen LogP contribution in [0.15, 0.2) is 24.3 Å². The zero-order chi connectivity index (χ0) is 13.4. The summed E-state index contributed by atoms with van der Waals surface area (Å²) in [6.07, 6.45) is 0. The fourth-order valence-electron chi connectivity index (χ4n) is 1.20. The zero-order valence-corrected chi connectivity index (χ0v) is 10.4. The van der Waals surface area contributed by atoms with Crippen molar-refractivity contribution in [3.8, 4) is 0 Å². The van der Waals surface area contributed by atoms with Crippen molar-refractivity contribution in [3.05, 3.63) is 24.3 Å². The fraction of sp³-hybridized carbons (Fsp3) is 0.333. The van der Waals surface area contributed by atoms with Crippen molar-refractivity contribution in [1.29, 1.82) is 0 Å². The van der Waals surface area contributed by atoms with Crippen LogP contribution in [-0.2, 0) is 19.1 Å². The number of hydrogen-bond acceptors (Lipinski definition) is 6. The Hall–Kier alpha value is -2.24. The average Bonchev–Trinajstić information content (AvgIpc) is 2.43. The number of rotatable bonds is 6. The highest BCUT2D eigenvalue weighted by atomic mass is 16.5. The van der Waals surface area contributed by atoms with E-state index in [1.165, 1.54) is 14.2 Å². The Balaban J connectivity index is 2.42. The Morgan fingerprint density at radius 3 is 1.50 bits per heavy atom. The van der Waals surface area contributed by atoms with Crippen LogP contribution in [0.1, 0.15) is 0 Å². The van der Waals surface area contributed by atoms with Crippen molar-refractivity contribution >= 4 is 23.3 Å². The van der Waals surface area contributed by atoms with Gasteiger partial charge < -0.3 is 20.1 Å². The first-order valence-electron chi connectivity index (χ1n) is 5.37. The van der Waals surface area contributed by atoms with Gasteiger partial charge in [-0.05, 0) is 24.3 Å². The predicted molar refractivity (Wildman–Crippen MR) is 67.5 cm³/mol. The Bertz CT molecular complexity index is 364. The van der Waals surface area contributed by atoms with Gasteiger partial charge in [0.15, 0.2) is 0 Å². The third kappa shape index (κ3) is 4.73. The van der Waals surface area contributed by atoms with Gasteiger partial charge in [0.2, 0.25) is 0 Å². The quantitative estimate of drug-likeness (QED) is 0.731. The smallest absolute Gasteiger partial charge is 0.325 e. The molecule has 6 heteroatoms. The maximum atomic E-state index is 10.9. The van der Waals surface area contributed by atoms with E-state index in [0.717, 1.165) is 11.4 Å². The van der Waals surface area contributed by atoms with E-state index in [-0.39, 0.29) is 25.0 Å². The molecule has 0 atom stereocenters. The minimum Gasteiger partial charge on any atom is -0.468 e. The third-order valence-corrected chi connectivity index (χ3v) is 2.21. The lowest BCUT2D eigenvalue weighted by Gasteiger charge is -2.07. The van der Waals surface area contributed by atoms with Gasteiger partial charge in [-0.3, -0.25) is 9.59 Å². The molecule has 0 fully saturated rings. The predicted octanol–water partition coefficient (Wildman–Crippen LogP) is 0.856. The second kappa shape index (κ2) is 7.16. The first kappa shape index (κ1) is 13.8. The monoisotopic (exact) mass is 252 g/mol. The van der Waals surface area contributed by atoms with Gasteiger partial charge in [0.05, 0.1) is 14.2 Å². The zero-order valence-electron chi connectivity index (χ0n) is 10.4. The molecule has 0 unspecified atom stereocenters. The molecule has 0 saturated carbocycles. The van der Waals surface area contributed by atoms with Crippen LogP contribution in [0.3, 0.4) is 0 Å². The van der Waals surface area contributed by atoms with Crippen molar-refractivity contribution in [1.82, 2.24) is 0 Å². The second-order valence-electron chi connectivity index (χ2n) is 3.44. The SMILES string of the molecule is COC(=O)CNc1ccc(NCC(=O)OC)cc1. The molecule has 1 rings (SSSR count). The summed E-state index contributed by atoms with van der Waals surface area (Å²) in [5, 5.41) is 5.81. The molecule has 0 amide bonds. The standard InChI is InChI=1S/C12H16N2O4/c1-17-11(15)7-13-9-3-5-10(6-4-9)14-8-12(16)18-2/h3-6,13-14H,7-8H2,1-2H3. The molecule has 0 aromatic heterocycles. The number of benzene rings is 1. The number of ether oxygens (including phenoxy) is 2. The Kier molecular flexibility index (Phi) is 5.50. The summed E-state index contributed by atoms with van der Waals surface area (Å²) in [6.45, 7) is 0.233. The van der Waals surface area contributed by atoms with Crippen LogP contribution < -0.4 is 10.6 Å². The topological polar surface area (TPSA) is 76.7 Å². The van der Waals surface area contributed by atoms with Gasteiger partial charge in [0, 0.05) is 11.4 Å². The van der Waals surface area contributed by atoms with Gasteiger partial charge in [-0.25, -0.2) is 0 Å². The van der Waals surface area contributed by atoms with Crippen molar-refractivity contribution in [3.63, 3.8) is 0 Å². The average molecular weight is 252 g/mol. The van der Waals surface area contributed by atoms with Gasteiger partial charge in [-0.15, -0.1) is 0 Å². The van der Waals surface area contributed by atoms with Crippen molar-refractivity contribution in [2.24, 2.45) is 0 Å². The van der Waals surface area contributed by atoms with Crippen LogP contribution in [-0.4, -0.2) is 39.2 Å². The lowest BCUT2D eigenvalue weighted by Crippen LogP contribution is -2.15. The van der Waals surface area contributed by atoms with Crippen molar-refractivity contribution in [2.45, 2.75) is 0 Å². The van der Waals surface area contributed by atoms with Crippen molar-refractivity contribution in [2.75, 3.05) is 37.9 Å². The summed E-state index contributed by atoms with van der Waals surface area (Å²) in [7, 11) is 2.67. The number of anilines is 2.